The standard InChI is InChI=1S/C19H24N4O3.HI/c1-21-19(22-11-14-6-8-16(25-2)9-7-14)23-12-15-4-3-5-17(10-15)26-13-18(20)24;/h3-10H,11-13H2,1-2H3,(H2,20,24)(H2,21,22,23);1H. The third kappa shape index (κ3) is 8.16. The van der Waals surface area contributed by atoms with Crippen molar-refractivity contribution < 1.29 is 14.3 Å². The zero-order valence-electron chi connectivity index (χ0n) is 15.4. The normalized spacial score (nSPS) is 10.5. The van der Waals surface area contributed by atoms with Crippen LogP contribution in [0, 0.1) is 0 Å². The van der Waals surface area contributed by atoms with Gasteiger partial charge >= 0.3 is 0 Å². The van der Waals surface area contributed by atoms with Gasteiger partial charge < -0.3 is 25.8 Å². The molecule has 2 aromatic carbocycles. The van der Waals surface area contributed by atoms with E-state index in [-0.39, 0.29) is 30.6 Å². The zero-order chi connectivity index (χ0) is 18.8. The molecule has 2 aromatic rings. The van der Waals surface area contributed by atoms with Crippen LogP contribution in [0.1, 0.15) is 11.1 Å². The summed E-state index contributed by atoms with van der Waals surface area (Å²) < 4.78 is 10.5. The number of carbonyl (C=O) groups excluding carboxylic acids is 1. The Morgan fingerprint density at radius 2 is 1.70 bits per heavy atom. The number of rotatable bonds is 8. The Kier molecular flexibility index (Phi) is 10.0. The van der Waals surface area contributed by atoms with E-state index in [1.165, 1.54) is 0 Å². The number of methoxy groups -OCH3 is 1. The van der Waals surface area contributed by atoms with E-state index in [0.717, 1.165) is 16.9 Å². The summed E-state index contributed by atoms with van der Waals surface area (Å²) in [5.74, 6) is 1.61. The van der Waals surface area contributed by atoms with E-state index in [0.29, 0.717) is 24.8 Å². The molecular formula is C19H25IN4O3. The second-order valence-corrected chi connectivity index (χ2v) is 5.53. The second kappa shape index (κ2) is 12.0. The molecule has 0 aliphatic heterocycles. The van der Waals surface area contributed by atoms with Crippen molar-refractivity contribution in [2.75, 3.05) is 20.8 Å². The van der Waals surface area contributed by atoms with Crippen molar-refractivity contribution in [2.45, 2.75) is 13.1 Å². The maximum Gasteiger partial charge on any atom is 0.255 e. The summed E-state index contributed by atoms with van der Waals surface area (Å²) in [6, 6.07) is 15.3. The molecule has 0 radical (unpaired) electrons. The minimum atomic E-state index is -0.503. The number of ether oxygens (including phenoxy) is 2. The van der Waals surface area contributed by atoms with Gasteiger partial charge in [0.1, 0.15) is 11.5 Å². The molecule has 0 unspecified atom stereocenters. The smallest absolute Gasteiger partial charge is 0.255 e. The summed E-state index contributed by atoms with van der Waals surface area (Å²) in [6.07, 6.45) is 0. The third-order valence-electron chi connectivity index (χ3n) is 3.58. The van der Waals surface area contributed by atoms with E-state index in [1.807, 2.05) is 42.5 Å². The topological polar surface area (TPSA) is 98.0 Å². The van der Waals surface area contributed by atoms with Crippen LogP contribution in [0.3, 0.4) is 0 Å². The Balaban J connectivity index is 0.00000364. The van der Waals surface area contributed by atoms with Gasteiger partial charge in [0, 0.05) is 20.1 Å². The molecule has 8 heteroatoms. The molecule has 7 nitrogen and oxygen atoms in total. The lowest BCUT2D eigenvalue weighted by Gasteiger charge is -2.13. The number of primary amides is 1. The molecule has 146 valence electrons. The van der Waals surface area contributed by atoms with Crippen LogP contribution in [0.15, 0.2) is 53.5 Å². The first-order valence-electron chi connectivity index (χ1n) is 8.18. The molecule has 0 aliphatic carbocycles. The third-order valence-corrected chi connectivity index (χ3v) is 3.58. The predicted molar refractivity (Wildman–Crippen MR) is 117 cm³/mol. The molecule has 1 amide bonds. The van der Waals surface area contributed by atoms with Crippen molar-refractivity contribution in [3.63, 3.8) is 0 Å². The summed E-state index contributed by atoms with van der Waals surface area (Å²) in [5.41, 5.74) is 7.21. The van der Waals surface area contributed by atoms with E-state index in [9.17, 15) is 4.79 Å². The van der Waals surface area contributed by atoms with Crippen LogP contribution in [0.4, 0.5) is 0 Å². The van der Waals surface area contributed by atoms with Crippen LogP contribution >= 0.6 is 24.0 Å². The van der Waals surface area contributed by atoms with Crippen molar-refractivity contribution in [3.05, 3.63) is 59.7 Å². The Morgan fingerprint density at radius 1 is 1.04 bits per heavy atom. The predicted octanol–water partition coefficient (Wildman–Crippen LogP) is 2.04. The quantitative estimate of drug-likeness (QED) is 0.303. The number of nitrogens with zero attached hydrogens (tertiary/aromatic N) is 1. The number of hydrogen-bond acceptors (Lipinski definition) is 4. The number of benzene rings is 2. The van der Waals surface area contributed by atoms with Gasteiger partial charge in [-0.05, 0) is 35.4 Å². The van der Waals surface area contributed by atoms with E-state index in [2.05, 4.69) is 15.6 Å². The van der Waals surface area contributed by atoms with Gasteiger partial charge in [0.2, 0.25) is 0 Å². The minimum Gasteiger partial charge on any atom is -0.497 e. The second-order valence-electron chi connectivity index (χ2n) is 5.53. The highest BCUT2D eigenvalue weighted by atomic mass is 127. The summed E-state index contributed by atoms with van der Waals surface area (Å²) in [5, 5.41) is 6.49. The fourth-order valence-electron chi connectivity index (χ4n) is 2.24. The van der Waals surface area contributed by atoms with Crippen LogP contribution in [0.5, 0.6) is 11.5 Å². The first kappa shape index (κ1) is 22.6. The maximum atomic E-state index is 10.8. The van der Waals surface area contributed by atoms with Crippen molar-refractivity contribution in [1.29, 1.82) is 0 Å². The molecule has 0 aliphatic rings. The van der Waals surface area contributed by atoms with Gasteiger partial charge in [-0.2, -0.15) is 0 Å². The summed E-state index contributed by atoms with van der Waals surface area (Å²) in [4.78, 5) is 15.0. The van der Waals surface area contributed by atoms with Crippen LogP contribution < -0.4 is 25.8 Å². The number of guanidine groups is 1. The monoisotopic (exact) mass is 484 g/mol. The number of halogens is 1. The van der Waals surface area contributed by atoms with Gasteiger partial charge in [-0.1, -0.05) is 24.3 Å². The summed E-state index contributed by atoms with van der Waals surface area (Å²) in [7, 11) is 3.36. The number of amides is 1. The lowest BCUT2D eigenvalue weighted by molar-refractivity contribution is -0.119. The van der Waals surface area contributed by atoms with E-state index >= 15 is 0 Å². The number of carbonyl (C=O) groups is 1. The molecule has 2 rings (SSSR count). The van der Waals surface area contributed by atoms with Crippen molar-refractivity contribution in [1.82, 2.24) is 10.6 Å². The molecule has 0 spiro atoms. The van der Waals surface area contributed by atoms with Crippen LogP contribution in [0.25, 0.3) is 0 Å². The average Bonchev–Trinajstić information content (AvgIpc) is 2.67. The van der Waals surface area contributed by atoms with Crippen molar-refractivity contribution in [3.8, 4) is 11.5 Å². The van der Waals surface area contributed by atoms with E-state index in [4.69, 9.17) is 15.2 Å². The maximum absolute atomic E-state index is 10.8. The summed E-state index contributed by atoms with van der Waals surface area (Å²) in [6.45, 7) is 1.07. The number of aliphatic imine (C=N–C) groups is 1. The fraction of sp³-hybridized carbons (Fsp3) is 0.263. The molecule has 27 heavy (non-hydrogen) atoms. The molecular weight excluding hydrogens is 459 g/mol. The Labute approximate surface area is 176 Å². The Hall–Kier alpha value is -2.49. The highest BCUT2D eigenvalue weighted by Gasteiger charge is 2.02. The van der Waals surface area contributed by atoms with Crippen molar-refractivity contribution in [2.24, 2.45) is 10.7 Å². The molecule has 0 aromatic heterocycles. The van der Waals surface area contributed by atoms with Gasteiger partial charge in [-0.3, -0.25) is 9.79 Å². The van der Waals surface area contributed by atoms with E-state index < -0.39 is 5.91 Å². The minimum absolute atomic E-state index is 0. The number of nitrogens with one attached hydrogen (secondary N) is 2. The molecule has 4 N–H and O–H groups in total. The van der Waals surface area contributed by atoms with Crippen LogP contribution in [-0.2, 0) is 17.9 Å². The Bertz CT molecular complexity index is 751. The van der Waals surface area contributed by atoms with Crippen LogP contribution in [0.2, 0.25) is 0 Å². The first-order chi connectivity index (χ1) is 12.6. The van der Waals surface area contributed by atoms with Gasteiger partial charge in [-0.15, -0.1) is 24.0 Å². The van der Waals surface area contributed by atoms with Crippen molar-refractivity contribution >= 4 is 35.8 Å². The molecule has 0 fully saturated rings. The van der Waals surface area contributed by atoms with Gasteiger partial charge in [0.25, 0.3) is 5.91 Å². The SMILES string of the molecule is CN=C(NCc1ccc(OC)cc1)NCc1cccc(OCC(N)=O)c1.I. The largest absolute Gasteiger partial charge is 0.497 e. The van der Waals surface area contributed by atoms with Gasteiger partial charge in [0.15, 0.2) is 12.6 Å². The molecule has 0 saturated heterocycles. The zero-order valence-corrected chi connectivity index (χ0v) is 17.7. The lowest BCUT2D eigenvalue weighted by atomic mass is 10.2. The molecule has 0 atom stereocenters. The summed E-state index contributed by atoms with van der Waals surface area (Å²) >= 11 is 0. The average molecular weight is 484 g/mol. The van der Waals surface area contributed by atoms with Crippen LogP contribution in [-0.4, -0.2) is 32.6 Å². The number of hydrogen-bond donors (Lipinski definition) is 3. The van der Waals surface area contributed by atoms with Gasteiger partial charge in [0.05, 0.1) is 7.11 Å². The van der Waals surface area contributed by atoms with E-state index in [1.54, 1.807) is 20.2 Å². The highest BCUT2D eigenvalue weighted by molar-refractivity contribution is 14.0. The molecule has 0 saturated carbocycles. The highest BCUT2D eigenvalue weighted by Crippen LogP contribution is 2.13. The molecule has 0 bridgehead atoms. The molecule has 0 heterocycles. The van der Waals surface area contributed by atoms with Gasteiger partial charge in [-0.25, -0.2) is 0 Å². The lowest BCUT2D eigenvalue weighted by Crippen LogP contribution is -2.36. The first-order valence-corrected chi connectivity index (χ1v) is 8.18. The Morgan fingerprint density at radius 3 is 2.30 bits per heavy atom. The fourth-order valence-corrected chi connectivity index (χ4v) is 2.24. The number of nitrogens with two attached hydrogens (primary N) is 1.